The third-order valence-electron chi connectivity index (χ3n) is 3.11. The number of nitrogens with zero attached hydrogens (tertiary/aromatic N) is 3. The van der Waals surface area contributed by atoms with Gasteiger partial charge in [0.2, 0.25) is 5.91 Å². The first-order valence-corrected chi connectivity index (χ1v) is 7.61. The van der Waals surface area contributed by atoms with Gasteiger partial charge in [0.25, 0.3) is 0 Å². The number of amides is 1. The van der Waals surface area contributed by atoms with Crippen molar-refractivity contribution < 1.29 is 9.53 Å². The van der Waals surface area contributed by atoms with Gasteiger partial charge in [0.05, 0.1) is 24.9 Å². The normalized spacial score (nSPS) is 12.3. The average molecular weight is 308 g/mol. The van der Waals surface area contributed by atoms with Crippen molar-refractivity contribution in [3.05, 3.63) is 34.0 Å². The molecular formula is C14H20N4O2S. The Bertz CT molecular complexity index is 580. The molecule has 2 aromatic heterocycles. The van der Waals surface area contributed by atoms with Crippen LogP contribution in [0.15, 0.2) is 18.5 Å². The summed E-state index contributed by atoms with van der Waals surface area (Å²) in [6, 6.07) is 1.90. The van der Waals surface area contributed by atoms with Crippen molar-refractivity contribution >= 4 is 17.2 Å². The molecule has 0 bridgehead atoms. The number of aryl methyl sites for hydroxylation is 1. The Labute approximate surface area is 128 Å². The molecule has 0 aliphatic heterocycles. The van der Waals surface area contributed by atoms with E-state index in [0.29, 0.717) is 19.6 Å². The van der Waals surface area contributed by atoms with Crippen molar-refractivity contribution in [2.75, 3.05) is 7.11 Å². The third-order valence-corrected chi connectivity index (χ3v) is 4.24. The molecule has 0 aliphatic rings. The molecule has 1 N–H and O–H groups in total. The molecule has 0 saturated carbocycles. The topological polar surface area (TPSA) is 69.0 Å². The molecule has 1 atom stereocenters. The minimum atomic E-state index is 0.0130. The second kappa shape index (κ2) is 7.33. The van der Waals surface area contributed by atoms with E-state index in [1.165, 1.54) is 0 Å². The number of methoxy groups -OCH3 is 1. The van der Waals surface area contributed by atoms with Crippen LogP contribution in [0.2, 0.25) is 0 Å². The molecule has 114 valence electrons. The van der Waals surface area contributed by atoms with Gasteiger partial charge in [0.1, 0.15) is 5.01 Å². The molecule has 2 aromatic rings. The minimum absolute atomic E-state index is 0.0130. The van der Waals surface area contributed by atoms with Gasteiger partial charge in [-0.05, 0) is 19.9 Å². The third kappa shape index (κ3) is 4.37. The Morgan fingerprint density at radius 3 is 3.05 bits per heavy atom. The first-order chi connectivity index (χ1) is 10.1. The first-order valence-electron chi connectivity index (χ1n) is 6.80. The number of carbonyl (C=O) groups excluding carboxylic acids is 1. The van der Waals surface area contributed by atoms with Crippen LogP contribution in [-0.2, 0) is 22.7 Å². The number of hydrogen-bond donors (Lipinski definition) is 1. The Hall–Kier alpha value is -1.73. The molecule has 0 saturated heterocycles. The molecule has 2 rings (SSSR count). The van der Waals surface area contributed by atoms with Gasteiger partial charge in [-0.1, -0.05) is 0 Å². The van der Waals surface area contributed by atoms with E-state index in [9.17, 15) is 4.79 Å². The van der Waals surface area contributed by atoms with E-state index in [4.69, 9.17) is 4.74 Å². The van der Waals surface area contributed by atoms with E-state index in [1.54, 1.807) is 29.3 Å². The van der Waals surface area contributed by atoms with Crippen molar-refractivity contribution in [1.29, 1.82) is 0 Å². The Balaban J connectivity index is 1.83. The molecule has 1 amide bonds. The van der Waals surface area contributed by atoms with E-state index >= 15 is 0 Å². The summed E-state index contributed by atoms with van der Waals surface area (Å²) in [4.78, 5) is 17.5. The maximum atomic E-state index is 12.0. The van der Waals surface area contributed by atoms with Gasteiger partial charge in [0, 0.05) is 30.8 Å². The number of carbonyl (C=O) groups is 1. The van der Waals surface area contributed by atoms with Crippen molar-refractivity contribution in [3.63, 3.8) is 0 Å². The zero-order chi connectivity index (χ0) is 15.2. The van der Waals surface area contributed by atoms with Crippen LogP contribution in [0.1, 0.15) is 35.0 Å². The maximum absolute atomic E-state index is 12.0. The fraction of sp³-hybridized carbons (Fsp3) is 0.500. The standard InChI is InChI=1S/C14H20N4O2S/c1-10(18-6-4-5-16-18)7-13(19)15-8-12-11(2)17-14(21-12)9-20-3/h4-6,10H,7-9H2,1-3H3,(H,15,19). The maximum Gasteiger partial charge on any atom is 0.222 e. The lowest BCUT2D eigenvalue weighted by molar-refractivity contribution is -0.121. The lowest BCUT2D eigenvalue weighted by Gasteiger charge is -2.11. The summed E-state index contributed by atoms with van der Waals surface area (Å²) in [6.45, 7) is 4.94. The first kappa shape index (κ1) is 15.7. The Kier molecular flexibility index (Phi) is 5.46. The number of hydrogen-bond acceptors (Lipinski definition) is 5. The summed E-state index contributed by atoms with van der Waals surface area (Å²) >= 11 is 1.57. The second-order valence-corrected chi connectivity index (χ2v) is 6.03. The Morgan fingerprint density at radius 2 is 2.38 bits per heavy atom. The molecule has 0 fully saturated rings. The van der Waals surface area contributed by atoms with Crippen LogP contribution in [0, 0.1) is 6.92 Å². The molecule has 0 aromatic carbocycles. The number of thiazole rings is 1. The SMILES string of the molecule is COCc1nc(C)c(CNC(=O)CC(C)n2cccn2)s1. The highest BCUT2D eigenvalue weighted by Crippen LogP contribution is 2.18. The van der Waals surface area contributed by atoms with Crippen molar-refractivity contribution in [3.8, 4) is 0 Å². The summed E-state index contributed by atoms with van der Waals surface area (Å²) in [5, 5.41) is 8.01. The van der Waals surface area contributed by atoms with Crippen molar-refractivity contribution in [1.82, 2.24) is 20.1 Å². The summed E-state index contributed by atoms with van der Waals surface area (Å²) in [7, 11) is 1.65. The van der Waals surface area contributed by atoms with Gasteiger partial charge in [-0.25, -0.2) is 4.98 Å². The minimum Gasteiger partial charge on any atom is -0.378 e. The van der Waals surface area contributed by atoms with E-state index < -0.39 is 0 Å². The summed E-state index contributed by atoms with van der Waals surface area (Å²) < 4.78 is 6.85. The van der Waals surface area contributed by atoms with Crippen LogP contribution >= 0.6 is 11.3 Å². The number of ether oxygens (including phenoxy) is 1. The zero-order valence-corrected chi connectivity index (χ0v) is 13.3. The van der Waals surface area contributed by atoms with Gasteiger partial charge in [0.15, 0.2) is 0 Å². The molecule has 21 heavy (non-hydrogen) atoms. The molecule has 0 spiro atoms. The molecule has 1 unspecified atom stereocenters. The largest absolute Gasteiger partial charge is 0.378 e. The summed E-state index contributed by atoms with van der Waals surface area (Å²) in [5.41, 5.74) is 0.951. The predicted molar refractivity (Wildman–Crippen MR) is 81.0 cm³/mol. The Morgan fingerprint density at radius 1 is 1.57 bits per heavy atom. The van der Waals surface area contributed by atoms with Crippen LogP contribution in [0.5, 0.6) is 0 Å². The van der Waals surface area contributed by atoms with Crippen LogP contribution < -0.4 is 5.32 Å². The van der Waals surface area contributed by atoms with E-state index in [2.05, 4.69) is 15.4 Å². The van der Waals surface area contributed by atoms with Gasteiger partial charge >= 0.3 is 0 Å². The summed E-state index contributed by atoms with van der Waals surface area (Å²) in [5.74, 6) is 0.0130. The highest BCUT2D eigenvalue weighted by atomic mass is 32.1. The smallest absolute Gasteiger partial charge is 0.222 e. The van der Waals surface area contributed by atoms with E-state index in [1.807, 2.05) is 26.1 Å². The van der Waals surface area contributed by atoms with Gasteiger partial charge < -0.3 is 10.1 Å². The highest BCUT2D eigenvalue weighted by Gasteiger charge is 2.12. The van der Waals surface area contributed by atoms with Crippen molar-refractivity contribution in [2.24, 2.45) is 0 Å². The van der Waals surface area contributed by atoms with Crippen LogP contribution in [0.25, 0.3) is 0 Å². The van der Waals surface area contributed by atoms with Gasteiger partial charge in [-0.2, -0.15) is 5.10 Å². The molecule has 2 heterocycles. The number of rotatable bonds is 7. The van der Waals surface area contributed by atoms with Crippen molar-refractivity contribution in [2.45, 2.75) is 39.5 Å². The lowest BCUT2D eigenvalue weighted by Crippen LogP contribution is -2.25. The van der Waals surface area contributed by atoms with Crippen LogP contribution in [-0.4, -0.2) is 27.8 Å². The lowest BCUT2D eigenvalue weighted by atomic mass is 10.2. The van der Waals surface area contributed by atoms with Gasteiger partial charge in [-0.3, -0.25) is 9.48 Å². The van der Waals surface area contributed by atoms with Gasteiger partial charge in [-0.15, -0.1) is 11.3 Å². The number of aromatic nitrogens is 3. The highest BCUT2D eigenvalue weighted by molar-refractivity contribution is 7.11. The predicted octanol–water partition coefficient (Wildman–Crippen LogP) is 2.06. The van der Waals surface area contributed by atoms with E-state index in [0.717, 1.165) is 15.6 Å². The fourth-order valence-corrected chi connectivity index (χ4v) is 2.97. The molecule has 6 nitrogen and oxygen atoms in total. The fourth-order valence-electron chi connectivity index (χ4n) is 1.99. The number of nitrogens with one attached hydrogen (secondary N) is 1. The molecule has 0 aliphatic carbocycles. The molecule has 7 heteroatoms. The van der Waals surface area contributed by atoms with Crippen LogP contribution in [0.4, 0.5) is 0 Å². The molecular weight excluding hydrogens is 288 g/mol. The second-order valence-electron chi connectivity index (χ2n) is 4.87. The zero-order valence-electron chi connectivity index (χ0n) is 12.5. The van der Waals surface area contributed by atoms with E-state index in [-0.39, 0.29) is 11.9 Å². The molecule has 0 radical (unpaired) electrons. The van der Waals surface area contributed by atoms with Crippen LogP contribution in [0.3, 0.4) is 0 Å². The monoisotopic (exact) mass is 308 g/mol. The summed E-state index contributed by atoms with van der Waals surface area (Å²) in [6.07, 6.45) is 3.99. The quantitative estimate of drug-likeness (QED) is 0.850. The average Bonchev–Trinajstić information content (AvgIpc) is 3.07.